The zero-order valence-corrected chi connectivity index (χ0v) is 13.7. The maximum Gasteiger partial charge on any atom is 0.254 e. The Bertz CT molecular complexity index is 889. The Kier molecular flexibility index (Phi) is 4.07. The lowest BCUT2D eigenvalue weighted by Crippen LogP contribution is -2.40. The Hall–Kier alpha value is -2.92. The van der Waals surface area contributed by atoms with Gasteiger partial charge in [0.25, 0.3) is 5.91 Å². The minimum absolute atomic E-state index is 0.00456. The van der Waals surface area contributed by atoms with Gasteiger partial charge in [-0.3, -0.25) is 9.48 Å². The van der Waals surface area contributed by atoms with Gasteiger partial charge in [0, 0.05) is 31.0 Å². The molecule has 5 nitrogen and oxygen atoms in total. The standard InChI is InChI=1S/C20H19N3O2/c24-14-15-5-3-7-16(11-15)20(25)22-12-17-6-1-2-8-18(17)19(13-22)23-10-4-9-21-23/h1-11,19,24H,12-14H2. The van der Waals surface area contributed by atoms with Crippen LogP contribution in [0.15, 0.2) is 67.0 Å². The van der Waals surface area contributed by atoms with Crippen molar-refractivity contribution in [2.75, 3.05) is 6.54 Å². The van der Waals surface area contributed by atoms with Gasteiger partial charge in [0.05, 0.1) is 12.6 Å². The molecule has 0 radical (unpaired) electrons. The van der Waals surface area contributed by atoms with Crippen molar-refractivity contribution in [1.82, 2.24) is 14.7 Å². The molecule has 0 aliphatic carbocycles. The number of nitrogens with zero attached hydrogens (tertiary/aromatic N) is 3. The lowest BCUT2D eigenvalue weighted by molar-refractivity contribution is 0.0706. The van der Waals surface area contributed by atoms with Crippen LogP contribution in [-0.2, 0) is 13.2 Å². The van der Waals surface area contributed by atoms with Crippen LogP contribution in [0.2, 0.25) is 0 Å². The van der Waals surface area contributed by atoms with Crippen LogP contribution >= 0.6 is 0 Å². The first kappa shape index (κ1) is 15.6. The van der Waals surface area contributed by atoms with Crippen molar-refractivity contribution in [3.63, 3.8) is 0 Å². The third-order valence-electron chi connectivity index (χ3n) is 4.66. The summed E-state index contributed by atoms with van der Waals surface area (Å²) in [5, 5.41) is 13.7. The number of rotatable bonds is 3. The van der Waals surface area contributed by atoms with Crippen LogP contribution in [-0.4, -0.2) is 32.2 Å². The SMILES string of the molecule is O=C(c1cccc(CO)c1)N1Cc2ccccc2C(n2cccn2)C1. The molecule has 4 rings (SSSR count). The number of carbonyl (C=O) groups is 1. The third kappa shape index (κ3) is 2.94. The molecule has 1 N–H and O–H groups in total. The highest BCUT2D eigenvalue weighted by Crippen LogP contribution is 2.30. The Morgan fingerprint density at radius 3 is 2.84 bits per heavy atom. The van der Waals surface area contributed by atoms with Gasteiger partial charge in [-0.2, -0.15) is 5.10 Å². The molecule has 1 aliphatic heterocycles. The topological polar surface area (TPSA) is 58.4 Å². The minimum atomic E-state index is -0.0696. The molecule has 25 heavy (non-hydrogen) atoms. The van der Waals surface area contributed by atoms with Crippen LogP contribution in [0, 0.1) is 0 Å². The van der Waals surface area contributed by atoms with Crippen LogP contribution in [0.1, 0.15) is 33.1 Å². The first-order valence-electron chi connectivity index (χ1n) is 8.32. The molecule has 3 aromatic rings. The van der Waals surface area contributed by atoms with E-state index in [1.165, 1.54) is 5.56 Å². The summed E-state index contributed by atoms with van der Waals surface area (Å²) < 4.78 is 1.91. The maximum atomic E-state index is 13.0. The Morgan fingerprint density at radius 2 is 2.04 bits per heavy atom. The van der Waals surface area contributed by atoms with Crippen molar-refractivity contribution in [3.8, 4) is 0 Å². The van der Waals surface area contributed by atoms with E-state index in [0.717, 1.165) is 11.1 Å². The summed E-state index contributed by atoms with van der Waals surface area (Å²) >= 11 is 0. The second-order valence-electron chi connectivity index (χ2n) is 6.24. The number of aromatic nitrogens is 2. The summed E-state index contributed by atoms with van der Waals surface area (Å²) in [6.07, 6.45) is 3.69. The Labute approximate surface area is 146 Å². The monoisotopic (exact) mass is 333 g/mol. The molecule has 0 fully saturated rings. The number of fused-ring (bicyclic) bond motifs is 1. The molecule has 1 atom stereocenters. The normalized spacial score (nSPS) is 16.5. The molecular formula is C20H19N3O2. The predicted molar refractivity (Wildman–Crippen MR) is 93.9 cm³/mol. The molecule has 5 heteroatoms. The van der Waals surface area contributed by atoms with E-state index in [1.54, 1.807) is 18.3 Å². The summed E-state index contributed by atoms with van der Waals surface area (Å²) in [5.74, 6) is -0.0260. The van der Waals surface area contributed by atoms with E-state index in [9.17, 15) is 9.90 Å². The molecule has 1 aromatic heterocycles. The molecular weight excluding hydrogens is 314 g/mol. The van der Waals surface area contributed by atoms with E-state index >= 15 is 0 Å². The molecule has 2 heterocycles. The lowest BCUT2D eigenvalue weighted by atomic mass is 9.95. The minimum Gasteiger partial charge on any atom is -0.392 e. The van der Waals surface area contributed by atoms with Gasteiger partial charge in [-0.25, -0.2) is 0 Å². The van der Waals surface area contributed by atoms with Crippen molar-refractivity contribution in [2.45, 2.75) is 19.2 Å². The summed E-state index contributed by atoms with van der Waals surface area (Å²) in [6.45, 7) is 1.08. The van der Waals surface area contributed by atoms with Gasteiger partial charge >= 0.3 is 0 Å². The van der Waals surface area contributed by atoms with Crippen molar-refractivity contribution < 1.29 is 9.90 Å². The largest absolute Gasteiger partial charge is 0.392 e. The number of aliphatic hydroxyl groups is 1. The zero-order chi connectivity index (χ0) is 17.2. The highest BCUT2D eigenvalue weighted by atomic mass is 16.3. The fourth-order valence-corrected chi connectivity index (χ4v) is 3.41. The average molecular weight is 333 g/mol. The van der Waals surface area contributed by atoms with Gasteiger partial charge in [-0.15, -0.1) is 0 Å². The van der Waals surface area contributed by atoms with Gasteiger partial charge in [-0.1, -0.05) is 36.4 Å². The summed E-state index contributed by atoms with van der Waals surface area (Å²) in [6, 6.07) is 17.3. The van der Waals surface area contributed by atoms with Crippen LogP contribution in [0.4, 0.5) is 0 Å². The van der Waals surface area contributed by atoms with E-state index in [-0.39, 0.29) is 18.6 Å². The van der Waals surface area contributed by atoms with Gasteiger partial charge < -0.3 is 10.0 Å². The summed E-state index contributed by atoms with van der Waals surface area (Å²) in [7, 11) is 0. The fourth-order valence-electron chi connectivity index (χ4n) is 3.41. The second kappa shape index (κ2) is 6.53. The Balaban J connectivity index is 1.69. The Morgan fingerprint density at radius 1 is 1.16 bits per heavy atom. The van der Waals surface area contributed by atoms with Crippen molar-refractivity contribution in [2.24, 2.45) is 0 Å². The van der Waals surface area contributed by atoms with Gasteiger partial charge in [-0.05, 0) is 34.9 Å². The molecule has 1 amide bonds. The number of hydrogen-bond acceptors (Lipinski definition) is 3. The van der Waals surface area contributed by atoms with Crippen molar-refractivity contribution in [1.29, 1.82) is 0 Å². The molecule has 0 spiro atoms. The number of carbonyl (C=O) groups excluding carboxylic acids is 1. The van der Waals surface area contributed by atoms with E-state index in [4.69, 9.17) is 0 Å². The molecule has 0 bridgehead atoms. The molecule has 0 saturated heterocycles. The van der Waals surface area contributed by atoms with Crippen LogP contribution in [0.3, 0.4) is 0 Å². The molecule has 1 aliphatic rings. The summed E-state index contributed by atoms with van der Waals surface area (Å²) in [4.78, 5) is 14.9. The van der Waals surface area contributed by atoms with Crippen molar-refractivity contribution in [3.05, 3.63) is 89.2 Å². The zero-order valence-electron chi connectivity index (χ0n) is 13.7. The fraction of sp³-hybridized carbons (Fsp3) is 0.200. The predicted octanol–water partition coefficient (Wildman–Crippen LogP) is 2.62. The first-order valence-corrected chi connectivity index (χ1v) is 8.32. The van der Waals surface area contributed by atoms with E-state index in [2.05, 4.69) is 17.2 Å². The molecule has 0 saturated carbocycles. The number of amides is 1. The smallest absolute Gasteiger partial charge is 0.254 e. The lowest BCUT2D eigenvalue weighted by Gasteiger charge is -2.35. The van der Waals surface area contributed by atoms with Gasteiger partial charge in [0.2, 0.25) is 0 Å². The quantitative estimate of drug-likeness (QED) is 0.801. The number of benzene rings is 2. The molecule has 126 valence electrons. The molecule has 2 aromatic carbocycles. The van der Waals surface area contributed by atoms with E-state index < -0.39 is 0 Å². The van der Waals surface area contributed by atoms with Gasteiger partial charge in [0.15, 0.2) is 0 Å². The molecule has 1 unspecified atom stereocenters. The number of aliphatic hydroxyl groups excluding tert-OH is 1. The van der Waals surface area contributed by atoms with E-state index in [0.29, 0.717) is 18.7 Å². The van der Waals surface area contributed by atoms with Gasteiger partial charge in [0.1, 0.15) is 0 Å². The highest BCUT2D eigenvalue weighted by Gasteiger charge is 2.29. The van der Waals surface area contributed by atoms with Crippen LogP contribution in [0.5, 0.6) is 0 Å². The second-order valence-corrected chi connectivity index (χ2v) is 6.24. The highest BCUT2D eigenvalue weighted by molar-refractivity contribution is 5.94. The van der Waals surface area contributed by atoms with Crippen molar-refractivity contribution >= 4 is 5.91 Å². The van der Waals surface area contributed by atoms with Crippen LogP contribution < -0.4 is 0 Å². The first-order chi connectivity index (χ1) is 12.3. The third-order valence-corrected chi connectivity index (χ3v) is 4.66. The maximum absolute atomic E-state index is 13.0. The summed E-state index contributed by atoms with van der Waals surface area (Å²) in [5.41, 5.74) is 3.69. The van der Waals surface area contributed by atoms with Crippen LogP contribution in [0.25, 0.3) is 0 Å². The number of hydrogen-bond donors (Lipinski definition) is 1. The van der Waals surface area contributed by atoms with E-state index in [1.807, 2.05) is 46.1 Å². The average Bonchev–Trinajstić information content (AvgIpc) is 3.21.